The van der Waals surface area contributed by atoms with Crippen LogP contribution in [0.2, 0.25) is 0 Å². The molecule has 180 valence electrons. The summed E-state index contributed by atoms with van der Waals surface area (Å²) in [5.74, 6) is -0.769. The quantitative estimate of drug-likeness (QED) is 0.616. The Hall–Kier alpha value is -4.07. The summed E-state index contributed by atoms with van der Waals surface area (Å²) >= 11 is 0. The number of benzene rings is 2. The second-order valence-electron chi connectivity index (χ2n) is 8.24. The Morgan fingerprint density at radius 3 is 2.66 bits per heavy atom. The Kier molecular flexibility index (Phi) is 6.91. The van der Waals surface area contributed by atoms with Crippen LogP contribution in [0.1, 0.15) is 38.3 Å². The van der Waals surface area contributed by atoms with Gasteiger partial charge in [-0.25, -0.2) is 0 Å². The number of nitrogens with two attached hydrogens (primary N) is 1. The summed E-state index contributed by atoms with van der Waals surface area (Å²) in [7, 11) is 0. The molecule has 1 aliphatic heterocycles. The lowest BCUT2D eigenvalue weighted by Gasteiger charge is -2.30. The molecule has 5 nitrogen and oxygen atoms in total. The van der Waals surface area contributed by atoms with Gasteiger partial charge in [0, 0.05) is 29.9 Å². The van der Waals surface area contributed by atoms with Crippen LogP contribution in [0.4, 0.5) is 18.9 Å². The van der Waals surface area contributed by atoms with Gasteiger partial charge < -0.3 is 16.0 Å². The highest BCUT2D eigenvalue weighted by Gasteiger charge is 2.31. The molecule has 0 fully saturated rings. The standard InChI is InChI=1S/C27H24F3N3O2/c28-27(29,30)20-8-4-9-21(16-20)32-25(34)23-10-5-11-24-22(23)13-15-33(26(24)35)17-19(12-14-31)18-6-2-1-3-7-18/h1-6,8-12,14,16H,7,13,15,17,31H2,(H,32,34)/b14-12-,19-18+. The molecule has 0 atom stereocenters. The minimum atomic E-state index is -4.51. The van der Waals surface area contributed by atoms with E-state index < -0.39 is 17.6 Å². The van der Waals surface area contributed by atoms with E-state index in [-0.39, 0.29) is 17.2 Å². The molecular formula is C27H24F3N3O2. The van der Waals surface area contributed by atoms with Gasteiger partial charge in [-0.2, -0.15) is 13.2 Å². The van der Waals surface area contributed by atoms with E-state index in [1.54, 1.807) is 29.2 Å². The zero-order valence-electron chi connectivity index (χ0n) is 18.8. The lowest BCUT2D eigenvalue weighted by molar-refractivity contribution is -0.137. The Morgan fingerprint density at radius 2 is 1.94 bits per heavy atom. The molecule has 3 N–H and O–H groups in total. The average molecular weight is 480 g/mol. The van der Waals surface area contributed by atoms with Gasteiger partial charge in [-0.1, -0.05) is 36.4 Å². The van der Waals surface area contributed by atoms with Crippen LogP contribution >= 0.6 is 0 Å². The average Bonchev–Trinajstić information content (AvgIpc) is 2.85. The number of hydrogen-bond acceptors (Lipinski definition) is 3. The molecule has 35 heavy (non-hydrogen) atoms. The number of amides is 2. The van der Waals surface area contributed by atoms with Crippen LogP contribution in [0.3, 0.4) is 0 Å². The summed E-state index contributed by atoms with van der Waals surface area (Å²) in [6.45, 7) is 0.772. The molecular weight excluding hydrogens is 455 g/mol. The number of carbonyl (C=O) groups is 2. The molecule has 2 amide bonds. The molecule has 2 aliphatic rings. The summed E-state index contributed by atoms with van der Waals surface area (Å²) in [6.07, 6.45) is 7.84. The minimum absolute atomic E-state index is 0.0330. The number of carbonyl (C=O) groups excluding carboxylic acids is 2. The molecule has 8 heteroatoms. The highest BCUT2D eigenvalue weighted by Crippen LogP contribution is 2.31. The lowest BCUT2D eigenvalue weighted by atomic mass is 9.92. The first-order chi connectivity index (χ1) is 16.8. The summed E-state index contributed by atoms with van der Waals surface area (Å²) < 4.78 is 39.0. The molecule has 2 aromatic rings. The van der Waals surface area contributed by atoms with Crippen molar-refractivity contribution in [2.24, 2.45) is 5.73 Å². The number of hydrogen-bond donors (Lipinski definition) is 2. The third kappa shape index (κ3) is 5.37. The van der Waals surface area contributed by atoms with Gasteiger partial charge in [0.25, 0.3) is 11.8 Å². The van der Waals surface area contributed by atoms with E-state index in [0.717, 1.165) is 29.7 Å². The third-order valence-electron chi connectivity index (χ3n) is 5.97. The summed E-state index contributed by atoms with van der Waals surface area (Å²) in [5, 5.41) is 2.53. The molecule has 0 aromatic heterocycles. The molecule has 0 unspecified atom stereocenters. The number of halogens is 3. The fraction of sp³-hybridized carbons (Fsp3) is 0.185. The van der Waals surface area contributed by atoms with Gasteiger partial charge in [0.2, 0.25) is 0 Å². The van der Waals surface area contributed by atoms with Gasteiger partial charge in [-0.3, -0.25) is 9.59 Å². The van der Waals surface area contributed by atoms with Crippen LogP contribution in [0.15, 0.2) is 90.2 Å². The first kappa shape index (κ1) is 24.1. The van der Waals surface area contributed by atoms with Crippen molar-refractivity contribution in [2.75, 3.05) is 18.4 Å². The number of allylic oxidation sites excluding steroid dienone is 5. The molecule has 0 saturated carbocycles. The van der Waals surface area contributed by atoms with Gasteiger partial charge in [0.15, 0.2) is 0 Å². The van der Waals surface area contributed by atoms with Gasteiger partial charge in [0.1, 0.15) is 0 Å². The van der Waals surface area contributed by atoms with Gasteiger partial charge in [-0.15, -0.1) is 0 Å². The lowest BCUT2D eigenvalue weighted by Crippen LogP contribution is -2.39. The predicted octanol–water partition coefficient (Wildman–Crippen LogP) is 5.24. The fourth-order valence-corrected chi connectivity index (χ4v) is 4.25. The minimum Gasteiger partial charge on any atom is -0.405 e. The van der Waals surface area contributed by atoms with Crippen LogP contribution in [-0.4, -0.2) is 29.8 Å². The van der Waals surface area contributed by atoms with E-state index in [2.05, 4.69) is 5.32 Å². The van der Waals surface area contributed by atoms with E-state index in [1.165, 1.54) is 18.3 Å². The maximum Gasteiger partial charge on any atom is 0.416 e. The predicted molar refractivity (Wildman–Crippen MR) is 129 cm³/mol. The van der Waals surface area contributed by atoms with Crippen molar-refractivity contribution in [3.63, 3.8) is 0 Å². The number of fused-ring (bicyclic) bond motifs is 1. The smallest absolute Gasteiger partial charge is 0.405 e. The topological polar surface area (TPSA) is 75.4 Å². The van der Waals surface area contributed by atoms with E-state index >= 15 is 0 Å². The molecule has 1 heterocycles. The van der Waals surface area contributed by atoms with Crippen LogP contribution in [0.5, 0.6) is 0 Å². The number of nitrogens with one attached hydrogen (secondary N) is 1. The van der Waals surface area contributed by atoms with Crippen molar-refractivity contribution in [1.29, 1.82) is 0 Å². The molecule has 0 bridgehead atoms. The second-order valence-corrected chi connectivity index (χ2v) is 8.24. The molecule has 1 aliphatic carbocycles. The van der Waals surface area contributed by atoms with Crippen LogP contribution in [0.25, 0.3) is 0 Å². The number of anilines is 1. The molecule has 0 spiro atoms. The first-order valence-electron chi connectivity index (χ1n) is 11.1. The highest BCUT2D eigenvalue weighted by atomic mass is 19.4. The van der Waals surface area contributed by atoms with Gasteiger partial charge in [0.05, 0.1) is 5.56 Å². The van der Waals surface area contributed by atoms with E-state index in [9.17, 15) is 22.8 Å². The normalized spacial score (nSPS) is 17.0. The van der Waals surface area contributed by atoms with Gasteiger partial charge >= 0.3 is 6.18 Å². The van der Waals surface area contributed by atoms with Crippen molar-refractivity contribution < 1.29 is 22.8 Å². The van der Waals surface area contributed by atoms with E-state index in [0.29, 0.717) is 30.6 Å². The van der Waals surface area contributed by atoms with E-state index in [1.807, 2.05) is 24.3 Å². The van der Waals surface area contributed by atoms with Crippen molar-refractivity contribution in [3.8, 4) is 0 Å². The molecule has 0 radical (unpaired) electrons. The van der Waals surface area contributed by atoms with Crippen molar-refractivity contribution in [2.45, 2.75) is 19.0 Å². The summed E-state index contributed by atoms with van der Waals surface area (Å²) in [5.41, 5.74) is 8.09. The van der Waals surface area contributed by atoms with Crippen LogP contribution in [-0.2, 0) is 12.6 Å². The Labute approximate surface area is 201 Å². The zero-order valence-corrected chi connectivity index (χ0v) is 18.8. The molecule has 4 rings (SSSR count). The highest BCUT2D eigenvalue weighted by molar-refractivity contribution is 6.08. The molecule has 0 saturated heterocycles. The Morgan fingerprint density at radius 1 is 1.14 bits per heavy atom. The summed E-state index contributed by atoms with van der Waals surface area (Å²) in [4.78, 5) is 27.9. The zero-order chi connectivity index (χ0) is 25.0. The van der Waals surface area contributed by atoms with Crippen molar-refractivity contribution in [1.82, 2.24) is 4.90 Å². The maximum absolute atomic E-state index is 13.3. The Bertz CT molecular complexity index is 1270. The number of alkyl halides is 3. The summed E-state index contributed by atoms with van der Waals surface area (Å²) in [6, 6.07) is 9.30. The maximum atomic E-state index is 13.3. The molecule has 2 aromatic carbocycles. The Balaban J connectivity index is 1.56. The largest absolute Gasteiger partial charge is 0.416 e. The van der Waals surface area contributed by atoms with Crippen LogP contribution in [0, 0.1) is 0 Å². The number of nitrogens with zero attached hydrogens (tertiary/aromatic N) is 1. The first-order valence-corrected chi connectivity index (χ1v) is 11.1. The van der Waals surface area contributed by atoms with Crippen molar-refractivity contribution >= 4 is 17.5 Å². The fourth-order valence-electron chi connectivity index (χ4n) is 4.25. The van der Waals surface area contributed by atoms with Crippen molar-refractivity contribution in [3.05, 3.63) is 112 Å². The second kappa shape index (κ2) is 10.0. The van der Waals surface area contributed by atoms with Gasteiger partial charge in [-0.05, 0) is 72.2 Å². The SMILES string of the molecule is N/C=C\C(CN1CCc2c(C(=O)Nc3cccc(C(F)(F)F)c3)cccc2C1=O)=C1\C=CC=CC1. The number of rotatable bonds is 5. The van der Waals surface area contributed by atoms with E-state index in [4.69, 9.17) is 5.73 Å². The monoisotopic (exact) mass is 479 g/mol. The van der Waals surface area contributed by atoms with Crippen LogP contribution < -0.4 is 11.1 Å². The third-order valence-corrected chi connectivity index (χ3v) is 5.97.